The zero-order chi connectivity index (χ0) is 50.6. The minimum absolute atomic E-state index is 0.00263. The van der Waals surface area contributed by atoms with Gasteiger partial charge < -0.3 is 9.80 Å². The molecule has 362 valence electrons. The van der Waals surface area contributed by atoms with E-state index >= 15 is 0 Å². The Morgan fingerprint density at radius 3 is 1.54 bits per heavy atom. The van der Waals surface area contributed by atoms with Crippen LogP contribution in [0.4, 0.5) is 33.4 Å². The van der Waals surface area contributed by atoms with Crippen LogP contribution in [0.25, 0.3) is 21.2 Å². The molecule has 2 nitrogen and oxygen atoms in total. The van der Waals surface area contributed by atoms with Gasteiger partial charge in [0.05, 0.1) is 5.00 Å². The van der Waals surface area contributed by atoms with E-state index in [1.165, 1.54) is 116 Å². The molecule has 0 N–H and O–H groups in total. The molecule has 0 bridgehead atoms. The maximum Gasteiger partial charge on any atom is 0.254 e. The minimum atomic E-state index is -0.0649. The highest BCUT2D eigenvalue weighted by molar-refractivity contribution is 7.26. The molecule has 10 rings (SSSR count). The fourth-order valence-electron chi connectivity index (χ4n) is 11.8. The topological polar surface area (TPSA) is 6.48 Å². The van der Waals surface area contributed by atoms with Crippen molar-refractivity contribution in [3.63, 3.8) is 0 Å². The molecule has 1 aromatic heterocycles. The first-order chi connectivity index (χ1) is 32.3. The van der Waals surface area contributed by atoms with Crippen molar-refractivity contribution in [1.29, 1.82) is 0 Å². The maximum atomic E-state index is 2.73. The molecule has 0 radical (unpaired) electrons. The lowest BCUT2D eigenvalue weighted by Crippen LogP contribution is -2.61. The second-order valence-corrected chi connectivity index (χ2v) is 28.9. The smallest absolute Gasteiger partial charge is 0.254 e. The van der Waals surface area contributed by atoms with Crippen molar-refractivity contribution in [3.05, 3.63) is 148 Å². The van der Waals surface area contributed by atoms with Gasteiger partial charge in [0.15, 0.2) is 0 Å². The summed E-state index contributed by atoms with van der Waals surface area (Å²) in [5.41, 5.74) is 22.8. The van der Waals surface area contributed by atoms with Crippen LogP contribution in [0.1, 0.15) is 183 Å². The van der Waals surface area contributed by atoms with Gasteiger partial charge in [-0.1, -0.05) is 192 Å². The minimum Gasteiger partial charge on any atom is -0.311 e. The summed E-state index contributed by atoms with van der Waals surface area (Å²) >= 11 is 1.98. The molecule has 0 saturated heterocycles. The van der Waals surface area contributed by atoms with Crippen molar-refractivity contribution >= 4 is 78.0 Å². The van der Waals surface area contributed by atoms with E-state index in [0.29, 0.717) is 0 Å². The lowest BCUT2D eigenvalue weighted by molar-refractivity contribution is 0.332. The summed E-state index contributed by atoms with van der Waals surface area (Å²) in [4.78, 5) is 5.40. The Morgan fingerprint density at radius 1 is 0.457 bits per heavy atom. The molecule has 0 atom stereocenters. The molecule has 4 heteroatoms. The monoisotopic (exact) mass is 943 g/mol. The predicted molar refractivity (Wildman–Crippen MR) is 310 cm³/mol. The van der Waals surface area contributed by atoms with E-state index in [1.807, 2.05) is 11.3 Å². The Balaban J connectivity index is 1.43. The first kappa shape index (κ1) is 48.6. The van der Waals surface area contributed by atoms with E-state index < -0.39 is 0 Å². The lowest BCUT2D eigenvalue weighted by Gasteiger charge is -2.47. The SMILES string of the molecule is CC(C)(C)c1ccc(N2c3cc(-c4ccccc4C(C)(C)C)cc4c3B(c3cc5c(cc3N4c3cc(C(C)(C)C)cc(C(C)(C)C)c3)C(C)(C)CCC5(C)C)c3c2sc2ccc(C(C)(C)C)cc32)cc1. The van der Waals surface area contributed by atoms with Gasteiger partial charge in [-0.2, -0.15) is 0 Å². The van der Waals surface area contributed by atoms with Crippen LogP contribution in [-0.2, 0) is 37.9 Å². The van der Waals surface area contributed by atoms with E-state index in [-0.39, 0.29) is 44.6 Å². The van der Waals surface area contributed by atoms with E-state index in [4.69, 9.17) is 0 Å². The van der Waals surface area contributed by atoms with Gasteiger partial charge in [-0.3, -0.25) is 0 Å². The molecule has 3 heterocycles. The van der Waals surface area contributed by atoms with Crippen molar-refractivity contribution < 1.29 is 0 Å². The first-order valence-corrected chi connectivity index (χ1v) is 27.1. The van der Waals surface area contributed by atoms with Gasteiger partial charge in [0.25, 0.3) is 6.71 Å². The molecule has 0 fully saturated rings. The van der Waals surface area contributed by atoms with Crippen molar-refractivity contribution in [1.82, 2.24) is 0 Å². The summed E-state index contributed by atoms with van der Waals surface area (Å²) in [5, 5.41) is 2.71. The number of hydrogen-bond acceptors (Lipinski definition) is 3. The summed E-state index contributed by atoms with van der Waals surface area (Å²) in [6.45, 7) is 45.4. The van der Waals surface area contributed by atoms with Crippen LogP contribution in [0.15, 0.2) is 109 Å². The highest BCUT2D eigenvalue weighted by Crippen LogP contribution is 2.54. The standard InChI is InChI=1S/C66H79BN2S/c1-60(2,3)41-24-27-45(28-25-41)69-55-33-40(47-22-20-21-23-49(47)64(13,14)15)32-54-58(55)67(57-48-37-42(61(4,5)6)26-29-56(48)70-59(57)69)52-38-50-51(66(18,19)31-30-65(50,16)17)39-53(52)68(54)46-35-43(62(7,8)9)34-44(36-46)63(10,11)12/h20-29,32-39H,30-31H2,1-19H3. The highest BCUT2D eigenvalue weighted by Gasteiger charge is 2.48. The fourth-order valence-corrected chi connectivity index (χ4v) is 13.1. The third-order valence-corrected chi connectivity index (χ3v) is 17.6. The number of hydrogen-bond donors (Lipinski definition) is 0. The third kappa shape index (κ3) is 7.98. The molecule has 0 spiro atoms. The molecular weight excluding hydrogens is 864 g/mol. The number of fused-ring (bicyclic) bond motifs is 7. The van der Waals surface area contributed by atoms with Crippen LogP contribution in [0.3, 0.4) is 0 Å². The van der Waals surface area contributed by atoms with E-state index in [1.54, 1.807) is 0 Å². The average Bonchev–Trinajstić information content (AvgIpc) is 3.64. The zero-order valence-corrected chi connectivity index (χ0v) is 47.0. The summed E-state index contributed by atoms with van der Waals surface area (Å²) in [6, 6.07) is 44.2. The molecular formula is C66H79BN2S. The van der Waals surface area contributed by atoms with Gasteiger partial charge >= 0.3 is 0 Å². The van der Waals surface area contributed by atoms with E-state index in [9.17, 15) is 0 Å². The highest BCUT2D eigenvalue weighted by atomic mass is 32.1. The summed E-state index contributed by atoms with van der Waals surface area (Å²) in [6.07, 6.45) is 2.33. The summed E-state index contributed by atoms with van der Waals surface area (Å²) in [7, 11) is 0. The van der Waals surface area contributed by atoms with Gasteiger partial charge in [-0.05, 0) is 171 Å². The number of nitrogens with zero attached hydrogens (tertiary/aromatic N) is 2. The van der Waals surface area contributed by atoms with Crippen LogP contribution in [-0.4, -0.2) is 6.71 Å². The number of anilines is 6. The number of rotatable bonds is 3. The average molecular weight is 943 g/mol. The van der Waals surface area contributed by atoms with E-state index in [2.05, 4.69) is 251 Å². The van der Waals surface area contributed by atoms with Gasteiger partial charge in [0.1, 0.15) is 0 Å². The second-order valence-electron chi connectivity index (χ2n) is 27.9. The van der Waals surface area contributed by atoms with E-state index in [0.717, 1.165) is 6.42 Å². The fraction of sp³-hybridized carbons (Fsp3) is 0.424. The molecule has 1 aliphatic carbocycles. The molecule has 0 unspecified atom stereocenters. The quantitative estimate of drug-likeness (QED) is 0.163. The Morgan fingerprint density at radius 2 is 0.986 bits per heavy atom. The molecule has 0 saturated carbocycles. The summed E-state index contributed by atoms with van der Waals surface area (Å²) in [5.74, 6) is 0. The Kier molecular flexibility index (Phi) is 10.9. The third-order valence-electron chi connectivity index (χ3n) is 16.5. The van der Waals surface area contributed by atoms with Crippen LogP contribution < -0.4 is 26.2 Å². The number of thiophene rings is 1. The second kappa shape index (κ2) is 15.7. The van der Waals surface area contributed by atoms with Crippen LogP contribution in [0.5, 0.6) is 0 Å². The molecule has 0 amide bonds. The zero-order valence-electron chi connectivity index (χ0n) is 46.2. The molecule has 70 heavy (non-hydrogen) atoms. The van der Waals surface area contributed by atoms with Crippen molar-refractivity contribution in [3.8, 4) is 11.1 Å². The molecule has 7 aromatic rings. The first-order valence-electron chi connectivity index (χ1n) is 26.3. The summed E-state index contributed by atoms with van der Waals surface area (Å²) < 4.78 is 1.35. The Labute approximate surface area is 427 Å². The predicted octanol–water partition coefficient (Wildman–Crippen LogP) is 17.5. The van der Waals surface area contributed by atoms with Gasteiger partial charge in [0.2, 0.25) is 0 Å². The van der Waals surface area contributed by atoms with Crippen LogP contribution in [0, 0.1) is 0 Å². The van der Waals surface area contributed by atoms with Crippen molar-refractivity contribution in [2.45, 2.75) is 182 Å². The lowest BCUT2D eigenvalue weighted by atomic mass is 9.33. The van der Waals surface area contributed by atoms with Crippen molar-refractivity contribution in [2.24, 2.45) is 0 Å². The van der Waals surface area contributed by atoms with Gasteiger partial charge in [-0.15, -0.1) is 11.3 Å². The van der Waals surface area contributed by atoms with Crippen LogP contribution >= 0.6 is 11.3 Å². The molecule has 2 aliphatic heterocycles. The normalized spacial score (nSPS) is 16.5. The molecule has 3 aliphatic rings. The molecule has 6 aromatic carbocycles. The largest absolute Gasteiger partial charge is 0.311 e. The van der Waals surface area contributed by atoms with Crippen LogP contribution in [0.2, 0.25) is 0 Å². The van der Waals surface area contributed by atoms with Gasteiger partial charge in [-0.25, -0.2) is 0 Å². The Bertz CT molecular complexity index is 3200. The van der Waals surface area contributed by atoms with Crippen molar-refractivity contribution in [2.75, 3.05) is 9.80 Å². The Hall–Kier alpha value is -5.06. The number of benzene rings is 6. The van der Waals surface area contributed by atoms with Gasteiger partial charge in [0, 0.05) is 33.1 Å². The maximum absolute atomic E-state index is 2.73.